The van der Waals surface area contributed by atoms with E-state index in [0.29, 0.717) is 5.69 Å². The smallest absolute Gasteiger partial charge is 0.114 e. The van der Waals surface area contributed by atoms with Gasteiger partial charge in [-0.1, -0.05) is 6.08 Å². The fourth-order valence-electron chi connectivity index (χ4n) is 0.997. The zero-order chi connectivity index (χ0) is 9.84. The molecule has 0 aliphatic rings. The number of aromatic nitrogens is 1. The lowest BCUT2D eigenvalue weighted by Gasteiger charge is -2.13. The number of pyridine rings is 1. The highest BCUT2D eigenvalue weighted by molar-refractivity contribution is 5.45. The van der Waals surface area contributed by atoms with Crippen LogP contribution in [0.25, 0.3) is 0 Å². The molecule has 3 heteroatoms. The molecule has 0 fully saturated rings. The van der Waals surface area contributed by atoms with E-state index in [2.05, 4.69) is 11.6 Å². The minimum absolute atomic E-state index is 0.626. The molecule has 1 heterocycles. The van der Waals surface area contributed by atoms with Crippen LogP contribution in [0.4, 0.5) is 5.69 Å². The molecule has 13 heavy (non-hydrogen) atoms. The third kappa shape index (κ3) is 2.29. The Bertz CT molecular complexity index is 297. The number of hydrogen-bond acceptors (Lipinski definition) is 3. The first-order valence-corrected chi connectivity index (χ1v) is 4.09. The van der Waals surface area contributed by atoms with Gasteiger partial charge < -0.3 is 10.0 Å². The van der Waals surface area contributed by atoms with Crippen LogP contribution in [0.5, 0.6) is 0 Å². The lowest BCUT2D eigenvalue weighted by Crippen LogP contribution is -2.09. The van der Waals surface area contributed by atoms with Crippen molar-refractivity contribution < 1.29 is 5.11 Å². The Morgan fingerprint density at radius 1 is 1.62 bits per heavy atom. The molecule has 3 nitrogen and oxygen atoms in total. The van der Waals surface area contributed by atoms with E-state index in [1.165, 1.54) is 6.08 Å². The maximum Gasteiger partial charge on any atom is 0.114 e. The molecule has 1 atom stereocenters. The zero-order valence-corrected chi connectivity index (χ0v) is 7.94. The summed E-state index contributed by atoms with van der Waals surface area (Å²) < 4.78 is 0. The Morgan fingerprint density at radius 2 is 2.31 bits per heavy atom. The molecule has 1 aromatic heterocycles. The molecular weight excluding hydrogens is 164 g/mol. The predicted molar refractivity (Wildman–Crippen MR) is 53.7 cm³/mol. The monoisotopic (exact) mass is 178 g/mol. The van der Waals surface area contributed by atoms with Crippen molar-refractivity contribution in [3.8, 4) is 0 Å². The van der Waals surface area contributed by atoms with Crippen LogP contribution in [-0.4, -0.2) is 24.2 Å². The standard InChI is InChI=1S/C10H14N2O/c1-4-10(13)9-7-8(12(2)3)5-6-11-9/h4-7,10,13H,1H2,2-3H3. The Morgan fingerprint density at radius 3 is 2.85 bits per heavy atom. The predicted octanol–water partition coefficient (Wildman–Crippen LogP) is 1.37. The topological polar surface area (TPSA) is 36.4 Å². The van der Waals surface area contributed by atoms with Crippen LogP contribution in [0.3, 0.4) is 0 Å². The molecule has 0 amide bonds. The van der Waals surface area contributed by atoms with Crippen molar-refractivity contribution in [2.75, 3.05) is 19.0 Å². The van der Waals surface area contributed by atoms with Crippen LogP contribution in [-0.2, 0) is 0 Å². The molecule has 0 radical (unpaired) electrons. The van der Waals surface area contributed by atoms with E-state index in [-0.39, 0.29) is 0 Å². The summed E-state index contributed by atoms with van der Waals surface area (Å²) in [7, 11) is 3.89. The summed E-state index contributed by atoms with van der Waals surface area (Å²) in [5.74, 6) is 0. The van der Waals surface area contributed by atoms with Crippen molar-refractivity contribution in [3.05, 3.63) is 36.7 Å². The maximum atomic E-state index is 9.44. The number of anilines is 1. The molecule has 70 valence electrons. The van der Waals surface area contributed by atoms with Crippen LogP contribution in [0.2, 0.25) is 0 Å². The fourth-order valence-corrected chi connectivity index (χ4v) is 0.997. The van der Waals surface area contributed by atoms with Gasteiger partial charge in [-0.15, -0.1) is 6.58 Å². The molecule has 1 aromatic rings. The maximum absolute atomic E-state index is 9.44. The summed E-state index contributed by atoms with van der Waals surface area (Å²) in [5.41, 5.74) is 1.65. The number of hydrogen-bond donors (Lipinski definition) is 1. The molecule has 0 aliphatic heterocycles. The van der Waals surface area contributed by atoms with Crippen LogP contribution in [0.15, 0.2) is 31.0 Å². The quantitative estimate of drug-likeness (QED) is 0.710. The van der Waals surface area contributed by atoms with Gasteiger partial charge >= 0.3 is 0 Å². The fraction of sp³-hybridized carbons (Fsp3) is 0.300. The van der Waals surface area contributed by atoms with Gasteiger partial charge in [0.25, 0.3) is 0 Å². The second kappa shape index (κ2) is 4.05. The molecule has 1 unspecified atom stereocenters. The van der Waals surface area contributed by atoms with Gasteiger partial charge in [0.15, 0.2) is 0 Å². The lowest BCUT2D eigenvalue weighted by atomic mass is 10.2. The normalized spacial score (nSPS) is 12.2. The SMILES string of the molecule is C=CC(O)c1cc(N(C)C)ccn1. The molecule has 0 saturated carbocycles. The number of rotatable bonds is 3. The minimum Gasteiger partial charge on any atom is -0.383 e. The number of nitrogens with zero attached hydrogens (tertiary/aromatic N) is 2. The van der Waals surface area contributed by atoms with Crippen LogP contribution in [0, 0.1) is 0 Å². The van der Waals surface area contributed by atoms with E-state index in [9.17, 15) is 5.11 Å². The van der Waals surface area contributed by atoms with E-state index < -0.39 is 6.10 Å². The third-order valence-corrected chi connectivity index (χ3v) is 1.81. The first kappa shape index (κ1) is 9.74. The Labute approximate surface area is 78.3 Å². The van der Waals surface area contributed by atoms with E-state index in [1.54, 1.807) is 6.20 Å². The Kier molecular flexibility index (Phi) is 3.03. The van der Waals surface area contributed by atoms with E-state index in [1.807, 2.05) is 31.1 Å². The summed E-state index contributed by atoms with van der Waals surface area (Å²) in [4.78, 5) is 6.00. The highest BCUT2D eigenvalue weighted by atomic mass is 16.3. The first-order valence-electron chi connectivity index (χ1n) is 4.09. The van der Waals surface area contributed by atoms with Gasteiger partial charge in [-0.2, -0.15) is 0 Å². The van der Waals surface area contributed by atoms with Crippen LogP contribution >= 0.6 is 0 Å². The number of aliphatic hydroxyl groups is 1. The van der Waals surface area contributed by atoms with Gasteiger partial charge in [0.05, 0.1) is 5.69 Å². The highest BCUT2D eigenvalue weighted by Gasteiger charge is 2.05. The Balaban J connectivity index is 2.97. The van der Waals surface area contributed by atoms with Gasteiger partial charge in [-0.3, -0.25) is 4.98 Å². The van der Waals surface area contributed by atoms with Crippen molar-refractivity contribution in [1.29, 1.82) is 0 Å². The van der Waals surface area contributed by atoms with Gasteiger partial charge in [-0.25, -0.2) is 0 Å². The summed E-state index contributed by atoms with van der Waals surface area (Å²) in [6.45, 7) is 3.51. The summed E-state index contributed by atoms with van der Waals surface area (Å²) in [6.07, 6.45) is 2.46. The largest absolute Gasteiger partial charge is 0.383 e. The Hall–Kier alpha value is -1.35. The highest BCUT2D eigenvalue weighted by Crippen LogP contribution is 2.16. The third-order valence-electron chi connectivity index (χ3n) is 1.81. The summed E-state index contributed by atoms with van der Waals surface area (Å²) in [5, 5.41) is 9.44. The van der Waals surface area contributed by atoms with Crippen LogP contribution in [0.1, 0.15) is 11.8 Å². The van der Waals surface area contributed by atoms with Gasteiger partial charge in [0.1, 0.15) is 6.10 Å². The molecule has 0 saturated heterocycles. The van der Waals surface area contributed by atoms with Crippen molar-refractivity contribution >= 4 is 5.69 Å². The van der Waals surface area contributed by atoms with Crippen molar-refractivity contribution in [2.24, 2.45) is 0 Å². The van der Waals surface area contributed by atoms with E-state index >= 15 is 0 Å². The first-order chi connectivity index (χ1) is 6.15. The van der Waals surface area contributed by atoms with Crippen molar-refractivity contribution in [1.82, 2.24) is 4.98 Å². The molecule has 0 aliphatic carbocycles. The van der Waals surface area contributed by atoms with Gasteiger partial charge in [0, 0.05) is 26.0 Å². The van der Waals surface area contributed by atoms with Crippen LogP contribution < -0.4 is 4.90 Å². The van der Waals surface area contributed by atoms with Gasteiger partial charge in [0.2, 0.25) is 0 Å². The van der Waals surface area contributed by atoms with E-state index in [4.69, 9.17) is 0 Å². The van der Waals surface area contributed by atoms with Crippen molar-refractivity contribution in [3.63, 3.8) is 0 Å². The second-order valence-electron chi connectivity index (χ2n) is 3.01. The zero-order valence-electron chi connectivity index (χ0n) is 7.94. The average molecular weight is 178 g/mol. The average Bonchev–Trinajstić information content (AvgIpc) is 2.17. The van der Waals surface area contributed by atoms with Crippen molar-refractivity contribution in [2.45, 2.75) is 6.10 Å². The van der Waals surface area contributed by atoms with E-state index in [0.717, 1.165) is 5.69 Å². The second-order valence-corrected chi connectivity index (χ2v) is 3.01. The minimum atomic E-state index is -0.681. The van der Waals surface area contributed by atoms with Gasteiger partial charge in [-0.05, 0) is 12.1 Å². The lowest BCUT2D eigenvalue weighted by molar-refractivity contribution is 0.224. The molecule has 1 N–H and O–H groups in total. The summed E-state index contributed by atoms with van der Waals surface area (Å²) >= 11 is 0. The summed E-state index contributed by atoms with van der Waals surface area (Å²) in [6, 6.07) is 3.73. The molecule has 1 rings (SSSR count). The molecule has 0 spiro atoms. The molecule has 0 bridgehead atoms. The molecular formula is C10H14N2O. The number of aliphatic hydroxyl groups excluding tert-OH is 1. The molecule has 0 aromatic carbocycles.